The molecule has 4 nitrogen and oxygen atoms in total. The van der Waals surface area contributed by atoms with Crippen molar-refractivity contribution in [3.63, 3.8) is 0 Å². The zero-order valence-corrected chi connectivity index (χ0v) is 13.0. The Labute approximate surface area is 120 Å². The maximum atomic E-state index is 12.0. The summed E-state index contributed by atoms with van der Waals surface area (Å²) in [5.41, 5.74) is 0.421. The molecule has 0 fully saturated rings. The third-order valence-electron chi connectivity index (χ3n) is 2.55. The van der Waals surface area contributed by atoms with Crippen LogP contribution in [0.3, 0.4) is 0 Å². The molecule has 0 aliphatic heterocycles. The van der Waals surface area contributed by atoms with Gasteiger partial charge in [0.15, 0.2) is 5.78 Å². The number of Topliss-reactive ketones (excluding diaryl/α,β-unsaturated/α-hetero) is 1. The van der Waals surface area contributed by atoms with Gasteiger partial charge in [0, 0.05) is 33.4 Å². The van der Waals surface area contributed by atoms with Crippen molar-refractivity contribution in [2.24, 2.45) is 0 Å². The van der Waals surface area contributed by atoms with Crippen molar-refractivity contribution in [1.29, 1.82) is 0 Å². The normalized spacial score (nSPS) is 14.9. The van der Waals surface area contributed by atoms with Gasteiger partial charge in [0.1, 0.15) is 9.84 Å². The highest BCUT2D eigenvalue weighted by atomic mass is 35.5. The lowest BCUT2D eigenvalue weighted by atomic mass is 10.1. The van der Waals surface area contributed by atoms with Crippen molar-refractivity contribution in [3.8, 4) is 0 Å². The van der Waals surface area contributed by atoms with E-state index in [0.717, 1.165) is 6.26 Å². The van der Waals surface area contributed by atoms with Crippen molar-refractivity contribution < 1.29 is 17.4 Å². The van der Waals surface area contributed by atoms with Crippen molar-refractivity contribution in [2.75, 3.05) is 17.8 Å². The molecule has 0 aliphatic rings. The average Bonchev–Trinajstić information content (AvgIpc) is 2.34. The van der Waals surface area contributed by atoms with Crippen molar-refractivity contribution in [2.45, 2.75) is 12.2 Å². The molecular formula is C12H15ClO4S2. The van der Waals surface area contributed by atoms with Gasteiger partial charge in [0.25, 0.3) is 0 Å². The molecule has 0 aliphatic carbocycles. The Morgan fingerprint density at radius 1 is 1.32 bits per heavy atom. The maximum Gasteiger partial charge on any atom is 0.178 e. The first-order valence-corrected chi connectivity index (χ1v) is 9.37. The minimum atomic E-state index is -3.17. The molecule has 1 aromatic rings. The molecule has 106 valence electrons. The van der Waals surface area contributed by atoms with Gasteiger partial charge in [-0.15, -0.1) is 0 Å². The van der Waals surface area contributed by atoms with Gasteiger partial charge in [-0.2, -0.15) is 0 Å². The van der Waals surface area contributed by atoms with E-state index in [1.165, 1.54) is 6.92 Å². The van der Waals surface area contributed by atoms with Crippen molar-refractivity contribution in [1.82, 2.24) is 0 Å². The summed E-state index contributed by atoms with van der Waals surface area (Å²) in [6.45, 7) is 1.54. The summed E-state index contributed by atoms with van der Waals surface area (Å²) in [6.07, 6.45) is 1.08. The van der Waals surface area contributed by atoms with Gasteiger partial charge in [-0.05, 0) is 31.2 Å². The van der Waals surface area contributed by atoms with Gasteiger partial charge in [0.05, 0.1) is 11.0 Å². The molecule has 0 bridgehead atoms. The van der Waals surface area contributed by atoms with Crippen LogP contribution >= 0.6 is 11.6 Å². The van der Waals surface area contributed by atoms with E-state index in [0.29, 0.717) is 10.6 Å². The fourth-order valence-electron chi connectivity index (χ4n) is 1.38. The van der Waals surface area contributed by atoms with E-state index in [2.05, 4.69) is 0 Å². The fourth-order valence-corrected chi connectivity index (χ4v) is 4.10. The van der Waals surface area contributed by atoms with Gasteiger partial charge < -0.3 is 0 Å². The predicted molar refractivity (Wildman–Crippen MR) is 78.0 cm³/mol. The lowest BCUT2D eigenvalue weighted by Gasteiger charge is -2.10. The SMILES string of the molecule is CC(C(=O)c1ccc(Cl)cc1)S(=O)CCS(C)(=O)=O. The molecule has 2 atom stereocenters. The molecule has 19 heavy (non-hydrogen) atoms. The lowest BCUT2D eigenvalue weighted by Crippen LogP contribution is -2.27. The van der Waals surface area contributed by atoms with Gasteiger partial charge in [-0.3, -0.25) is 9.00 Å². The van der Waals surface area contributed by atoms with Crippen LogP contribution in [-0.4, -0.2) is 41.4 Å². The van der Waals surface area contributed by atoms with Crippen LogP contribution in [0, 0.1) is 0 Å². The number of hydrogen-bond acceptors (Lipinski definition) is 4. The highest BCUT2D eigenvalue weighted by Crippen LogP contribution is 2.13. The first kappa shape index (κ1) is 16.3. The van der Waals surface area contributed by atoms with E-state index in [-0.39, 0.29) is 17.3 Å². The smallest absolute Gasteiger partial charge is 0.178 e. The number of benzene rings is 1. The highest BCUT2D eigenvalue weighted by Gasteiger charge is 2.22. The maximum absolute atomic E-state index is 12.0. The quantitative estimate of drug-likeness (QED) is 0.748. The number of sulfone groups is 1. The van der Waals surface area contributed by atoms with E-state index < -0.39 is 25.9 Å². The van der Waals surface area contributed by atoms with Crippen LogP contribution in [-0.2, 0) is 20.6 Å². The van der Waals surface area contributed by atoms with Gasteiger partial charge >= 0.3 is 0 Å². The molecule has 2 unspecified atom stereocenters. The summed E-state index contributed by atoms with van der Waals surface area (Å²) in [5, 5.41) is -0.217. The van der Waals surface area contributed by atoms with E-state index in [1.807, 2.05) is 0 Å². The van der Waals surface area contributed by atoms with E-state index in [9.17, 15) is 17.4 Å². The second-order valence-corrected chi connectivity index (χ2v) is 8.80. The topological polar surface area (TPSA) is 68.3 Å². The number of rotatable bonds is 6. The molecule has 1 rings (SSSR count). The van der Waals surface area contributed by atoms with Crippen LogP contribution in [0.15, 0.2) is 24.3 Å². The van der Waals surface area contributed by atoms with Crippen LogP contribution in [0.4, 0.5) is 0 Å². The van der Waals surface area contributed by atoms with Crippen LogP contribution in [0.25, 0.3) is 0 Å². The zero-order chi connectivity index (χ0) is 14.6. The fraction of sp³-hybridized carbons (Fsp3) is 0.417. The molecular weight excluding hydrogens is 308 g/mol. The Morgan fingerprint density at radius 3 is 2.32 bits per heavy atom. The van der Waals surface area contributed by atoms with Crippen molar-refractivity contribution >= 4 is 38.0 Å². The number of ketones is 1. The molecule has 0 saturated heterocycles. The van der Waals surface area contributed by atoms with Gasteiger partial charge in [0.2, 0.25) is 0 Å². The monoisotopic (exact) mass is 322 g/mol. The molecule has 0 saturated carbocycles. The number of hydrogen-bond donors (Lipinski definition) is 0. The van der Waals surface area contributed by atoms with Gasteiger partial charge in [-0.1, -0.05) is 11.6 Å². The van der Waals surface area contributed by atoms with Gasteiger partial charge in [-0.25, -0.2) is 8.42 Å². The van der Waals surface area contributed by atoms with Crippen molar-refractivity contribution in [3.05, 3.63) is 34.9 Å². The summed E-state index contributed by atoms with van der Waals surface area (Å²) in [7, 11) is -4.68. The summed E-state index contributed by atoms with van der Waals surface area (Å²) < 4.78 is 33.9. The minimum Gasteiger partial charge on any atom is -0.293 e. The second-order valence-electron chi connectivity index (χ2n) is 4.23. The number of halogens is 1. The van der Waals surface area contributed by atoms with Crippen LogP contribution in [0.2, 0.25) is 5.02 Å². The molecule has 0 spiro atoms. The predicted octanol–water partition coefficient (Wildman–Crippen LogP) is 1.70. The standard InChI is InChI=1S/C12H15ClO4S2/c1-9(18(15)7-8-19(2,16)17)12(14)10-3-5-11(13)6-4-10/h3-6,9H,7-8H2,1-2H3. The van der Waals surface area contributed by atoms with Crippen LogP contribution in [0.5, 0.6) is 0 Å². The summed E-state index contributed by atoms with van der Waals surface area (Å²) in [5.74, 6) is -0.486. The molecule has 0 aromatic heterocycles. The first-order chi connectivity index (χ1) is 8.70. The number of carbonyl (C=O) groups excluding carboxylic acids is 1. The Hall–Kier alpha value is -0.720. The van der Waals surface area contributed by atoms with E-state index in [4.69, 9.17) is 11.6 Å². The second kappa shape index (κ2) is 6.63. The third kappa shape index (κ3) is 5.42. The average molecular weight is 323 g/mol. The molecule has 0 N–H and O–H groups in total. The molecule has 0 radical (unpaired) electrons. The Morgan fingerprint density at radius 2 is 1.84 bits per heavy atom. The molecule has 1 aromatic carbocycles. The first-order valence-electron chi connectivity index (χ1n) is 5.55. The Kier molecular flexibility index (Phi) is 5.70. The largest absolute Gasteiger partial charge is 0.293 e. The molecule has 0 heterocycles. The van der Waals surface area contributed by atoms with E-state index in [1.54, 1.807) is 24.3 Å². The summed E-state index contributed by atoms with van der Waals surface area (Å²) in [4.78, 5) is 12.0. The highest BCUT2D eigenvalue weighted by molar-refractivity contribution is 7.92. The zero-order valence-electron chi connectivity index (χ0n) is 10.6. The molecule has 0 amide bonds. The summed E-state index contributed by atoms with van der Waals surface area (Å²) >= 11 is 5.72. The van der Waals surface area contributed by atoms with E-state index >= 15 is 0 Å². The Balaban J connectivity index is 2.71. The third-order valence-corrected chi connectivity index (χ3v) is 5.61. The number of carbonyl (C=O) groups is 1. The van der Waals surface area contributed by atoms with Crippen LogP contribution in [0.1, 0.15) is 17.3 Å². The molecule has 7 heteroatoms. The van der Waals surface area contributed by atoms with Crippen LogP contribution < -0.4 is 0 Å². The lowest BCUT2D eigenvalue weighted by molar-refractivity contribution is 0.0992. The Bertz CT molecular complexity index is 578. The summed E-state index contributed by atoms with van der Waals surface area (Å²) in [6, 6.07) is 6.30. The minimum absolute atomic E-state index is 0.0284.